The molecule has 0 amide bonds. The maximum atomic E-state index is 12.2. The number of nitrogens with one attached hydrogen (secondary N) is 1. The monoisotopic (exact) mass is 369 g/mol. The van der Waals surface area contributed by atoms with Gasteiger partial charge in [-0.2, -0.15) is 0 Å². The summed E-state index contributed by atoms with van der Waals surface area (Å²) in [6, 6.07) is 0. The molecule has 9 nitrogen and oxygen atoms in total. The molecule has 0 radical (unpaired) electrons. The highest BCUT2D eigenvalue weighted by Crippen LogP contribution is 2.26. The molecule has 1 N–H and O–H groups in total. The molecule has 1 rings (SSSR count). The van der Waals surface area contributed by atoms with E-state index in [9.17, 15) is 19.2 Å². The number of esters is 4. The van der Waals surface area contributed by atoms with Crippen LogP contribution in [0.15, 0.2) is 22.5 Å². The maximum absolute atomic E-state index is 12.2. The molecule has 0 atom stereocenters. The summed E-state index contributed by atoms with van der Waals surface area (Å²) in [5.41, 5.74) is -0.773. The quantitative estimate of drug-likeness (QED) is 0.488. The summed E-state index contributed by atoms with van der Waals surface area (Å²) in [6.45, 7) is 6.65. The van der Waals surface area contributed by atoms with Gasteiger partial charge in [0.15, 0.2) is 0 Å². The molecular formula is C17H23NO8. The summed E-state index contributed by atoms with van der Waals surface area (Å²) in [7, 11) is 0. The van der Waals surface area contributed by atoms with Crippen LogP contribution in [0.3, 0.4) is 0 Å². The Labute approximate surface area is 151 Å². The maximum Gasteiger partial charge on any atom is 0.355 e. The van der Waals surface area contributed by atoms with Crippen LogP contribution in [0, 0.1) is 0 Å². The zero-order chi connectivity index (χ0) is 19.7. The molecule has 0 bridgehead atoms. The molecule has 1 heterocycles. The Kier molecular flexibility index (Phi) is 8.33. The Morgan fingerprint density at radius 2 is 0.962 bits per heavy atom. The van der Waals surface area contributed by atoms with E-state index in [-0.39, 0.29) is 55.4 Å². The van der Waals surface area contributed by atoms with Crippen LogP contribution in [0.25, 0.3) is 0 Å². The van der Waals surface area contributed by atoms with Gasteiger partial charge in [0, 0.05) is 6.42 Å². The molecule has 1 aliphatic heterocycles. The minimum absolute atomic E-state index is 0.0588. The predicted octanol–water partition coefficient (Wildman–Crippen LogP) is 0.740. The van der Waals surface area contributed by atoms with Crippen molar-refractivity contribution in [3.05, 3.63) is 22.5 Å². The van der Waals surface area contributed by atoms with Crippen LogP contribution in [0.5, 0.6) is 0 Å². The number of ether oxygens (including phenoxy) is 4. The minimum Gasteiger partial charge on any atom is -0.463 e. The third-order valence-electron chi connectivity index (χ3n) is 3.21. The molecule has 0 saturated carbocycles. The molecule has 0 fully saturated rings. The molecule has 0 spiro atoms. The Bertz CT molecular complexity index is 539. The van der Waals surface area contributed by atoms with Gasteiger partial charge in [0.2, 0.25) is 0 Å². The van der Waals surface area contributed by atoms with Crippen molar-refractivity contribution in [1.82, 2.24) is 5.32 Å². The van der Waals surface area contributed by atoms with Crippen molar-refractivity contribution in [2.24, 2.45) is 0 Å². The molecule has 26 heavy (non-hydrogen) atoms. The fourth-order valence-electron chi connectivity index (χ4n) is 2.17. The van der Waals surface area contributed by atoms with E-state index in [1.165, 1.54) is 0 Å². The summed E-state index contributed by atoms with van der Waals surface area (Å²) in [5.74, 6) is -3.29. The van der Waals surface area contributed by atoms with Crippen molar-refractivity contribution in [1.29, 1.82) is 0 Å². The molecule has 0 unspecified atom stereocenters. The van der Waals surface area contributed by atoms with E-state index >= 15 is 0 Å². The van der Waals surface area contributed by atoms with Gasteiger partial charge >= 0.3 is 23.9 Å². The van der Waals surface area contributed by atoms with Crippen LogP contribution in [-0.2, 0) is 38.1 Å². The second-order valence-corrected chi connectivity index (χ2v) is 4.89. The highest BCUT2D eigenvalue weighted by molar-refractivity contribution is 6.08. The lowest BCUT2D eigenvalue weighted by Crippen LogP contribution is -2.36. The van der Waals surface area contributed by atoms with Gasteiger partial charge in [-0.05, 0) is 27.7 Å². The second-order valence-electron chi connectivity index (χ2n) is 4.89. The summed E-state index contributed by atoms with van der Waals surface area (Å²) in [6.07, 6.45) is -0.326. The Balaban J connectivity index is 3.38. The van der Waals surface area contributed by atoms with E-state index < -0.39 is 23.9 Å². The number of dihydropyridines is 1. The van der Waals surface area contributed by atoms with Crippen molar-refractivity contribution in [3.8, 4) is 0 Å². The van der Waals surface area contributed by atoms with E-state index in [4.69, 9.17) is 18.9 Å². The van der Waals surface area contributed by atoms with Gasteiger partial charge in [0.1, 0.15) is 11.4 Å². The standard InChI is InChI=1S/C17H23NO8/c1-5-23-14(19)10-9-11(15(20)24-6-2)13(17(22)26-8-4)18-12(10)16(21)25-7-3/h18H,5-9H2,1-4H3. The first kappa shape index (κ1) is 21.2. The first-order valence-corrected chi connectivity index (χ1v) is 8.32. The average molecular weight is 369 g/mol. The molecule has 0 aromatic rings. The van der Waals surface area contributed by atoms with Gasteiger partial charge in [-0.3, -0.25) is 0 Å². The van der Waals surface area contributed by atoms with Crippen LogP contribution in [0.1, 0.15) is 34.1 Å². The summed E-state index contributed by atoms with van der Waals surface area (Å²) < 4.78 is 19.7. The highest BCUT2D eigenvalue weighted by atomic mass is 16.5. The van der Waals surface area contributed by atoms with Crippen molar-refractivity contribution in [2.45, 2.75) is 34.1 Å². The number of carbonyl (C=O) groups is 4. The Morgan fingerprint density at radius 1 is 0.654 bits per heavy atom. The zero-order valence-electron chi connectivity index (χ0n) is 15.3. The van der Waals surface area contributed by atoms with E-state index in [2.05, 4.69) is 5.32 Å². The molecule has 0 aromatic carbocycles. The fourth-order valence-corrected chi connectivity index (χ4v) is 2.17. The van der Waals surface area contributed by atoms with Crippen molar-refractivity contribution in [3.63, 3.8) is 0 Å². The Hall–Kier alpha value is -2.84. The van der Waals surface area contributed by atoms with Gasteiger partial charge in [0.25, 0.3) is 0 Å². The molecule has 9 heteroatoms. The van der Waals surface area contributed by atoms with Crippen molar-refractivity contribution >= 4 is 23.9 Å². The highest BCUT2D eigenvalue weighted by Gasteiger charge is 2.36. The van der Waals surface area contributed by atoms with Crippen LogP contribution in [-0.4, -0.2) is 50.3 Å². The number of rotatable bonds is 8. The lowest BCUT2D eigenvalue weighted by molar-refractivity contribution is -0.144. The smallest absolute Gasteiger partial charge is 0.355 e. The molecule has 0 aromatic heterocycles. The number of hydrogen-bond donors (Lipinski definition) is 1. The Morgan fingerprint density at radius 3 is 1.27 bits per heavy atom. The molecule has 1 aliphatic rings. The van der Waals surface area contributed by atoms with Crippen molar-refractivity contribution in [2.75, 3.05) is 26.4 Å². The van der Waals surface area contributed by atoms with E-state index in [0.29, 0.717) is 0 Å². The third kappa shape index (κ3) is 5.08. The summed E-state index contributed by atoms with van der Waals surface area (Å²) >= 11 is 0. The minimum atomic E-state index is -0.847. The SMILES string of the molecule is CCOC(=O)C1=C(C(=O)OCC)NC(C(=O)OCC)=C(C(=O)OCC)C1. The number of carbonyl (C=O) groups excluding carboxylic acids is 4. The van der Waals surface area contributed by atoms with Crippen LogP contribution in [0.2, 0.25) is 0 Å². The van der Waals surface area contributed by atoms with Gasteiger partial charge in [-0.1, -0.05) is 0 Å². The average Bonchev–Trinajstić information content (AvgIpc) is 2.61. The predicted molar refractivity (Wildman–Crippen MR) is 88.3 cm³/mol. The molecular weight excluding hydrogens is 346 g/mol. The molecule has 144 valence electrons. The van der Waals surface area contributed by atoms with E-state index in [0.717, 1.165) is 0 Å². The van der Waals surface area contributed by atoms with Gasteiger partial charge < -0.3 is 24.3 Å². The van der Waals surface area contributed by atoms with Crippen LogP contribution in [0.4, 0.5) is 0 Å². The lowest BCUT2D eigenvalue weighted by atomic mass is 9.97. The largest absolute Gasteiger partial charge is 0.463 e. The fraction of sp³-hybridized carbons (Fsp3) is 0.529. The summed E-state index contributed by atoms with van der Waals surface area (Å²) in [4.78, 5) is 48.9. The van der Waals surface area contributed by atoms with Crippen molar-refractivity contribution < 1.29 is 38.1 Å². The van der Waals surface area contributed by atoms with Gasteiger partial charge in [-0.25, -0.2) is 19.2 Å². The molecule has 0 saturated heterocycles. The normalized spacial score (nSPS) is 13.7. The second kappa shape index (κ2) is 10.2. The van der Waals surface area contributed by atoms with Gasteiger partial charge in [-0.15, -0.1) is 0 Å². The van der Waals surface area contributed by atoms with Crippen LogP contribution < -0.4 is 5.32 Å². The first-order chi connectivity index (χ1) is 12.4. The van der Waals surface area contributed by atoms with Gasteiger partial charge in [0.05, 0.1) is 37.6 Å². The zero-order valence-corrected chi connectivity index (χ0v) is 15.3. The first-order valence-electron chi connectivity index (χ1n) is 8.32. The lowest BCUT2D eigenvalue weighted by Gasteiger charge is -2.23. The van der Waals surface area contributed by atoms with E-state index in [1.807, 2.05) is 0 Å². The van der Waals surface area contributed by atoms with Crippen LogP contribution >= 0.6 is 0 Å². The summed E-state index contributed by atoms with van der Waals surface area (Å²) in [5, 5.41) is 2.51. The topological polar surface area (TPSA) is 117 Å². The number of hydrogen-bond acceptors (Lipinski definition) is 9. The third-order valence-corrected chi connectivity index (χ3v) is 3.21. The van der Waals surface area contributed by atoms with E-state index in [1.54, 1.807) is 27.7 Å². The molecule has 0 aliphatic carbocycles.